The number of nitrogens with zero attached hydrogens (tertiary/aromatic N) is 1. The predicted octanol–water partition coefficient (Wildman–Crippen LogP) is 4.58. The summed E-state index contributed by atoms with van der Waals surface area (Å²) in [6.45, 7) is 2.58. The number of hydrogen-bond donors (Lipinski definition) is 1. The highest BCUT2D eigenvalue weighted by atomic mass is 16.5. The Morgan fingerprint density at radius 2 is 1.66 bits per heavy atom. The fourth-order valence-electron chi connectivity index (χ4n) is 3.77. The minimum atomic E-state index is -0.262. The number of carbonyl (C=O) groups excluding carboxylic acids is 2. The number of ether oxygens (including phenoxy) is 2. The lowest BCUT2D eigenvalue weighted by Gasteiger charge is -2.29. The molecule has 2 amide bonds. The minimum Gasteiger partial charge on any atom is -0.485 e. The van der Waals surface area contributed by atoms with Crippen LogP contribution in [0.2, 0.25) is 0 Å². The zero-order valence-electron chi connectivity index (χ0n) is 18.0. The van der Waals surface area contributed by atoms with Crippen LogP contribution in [0, 0.1) is 0 Å². The van der Waals surface area contributed by atoms with E-state index in [4.69, 9.17) is 9.47 Å². The Kier molecular flexibility index (Phi) is 6.70. The molecule has 1 aliphatic heterocycles. The molecule has 4 rings (SSSR count). The van der Waals surface area contributed by atoms with E-state index in [-0.39, 0.29) is 18.4 Å². The molecule has 0 bridgehead atoms. The Labute approximate surface area is 187 Å². The maximum atomic E-state index is 12.5. The first-order valence-electron chi connectivity index (χ1n) is 10.7. The lowest BCUT2D eigenvalue weighted by molar-refractivity contribution is -0.118. The van der Waals surface area contributed by atoms with E-state index in [0.717, 1.165) is 36.2 Å². The van der Waals surface area contributed by atoms with E-state index >= 15 is 0 Å². The van der Waals surface area contributed by atoms with E-state index in [0.29, 0.717) is 23.8 Å². The molecule has 1 N–H and O–H groups in total. The second-order valence-electron chi connectivity index (χ2n) is 7.68. The van der Waals surface area contributed by atoms with E-state index in [2.05, 4.69) is 5.32 Å². The molecule has 164 valence electrons. The van der Waals surface area contributed by atoms with Crippen molar-refractivity contribution in [3.8, 4) is 11.5 Å². The van der Waals surface area contributed by atoms with Crippen LogP contribution in [0.4, 0.5) is 11.4 Å². The smallest absolute Gasteiger partial charge is 0.262 e. The molecule has 3 aromatic rings. The van der Waals surface area contributed by atoms with Gasteiger partial charge in [-0.15, -0.1) is 0 Å². The minimum absolute atomic E-state index is 0.0317. The zero-order chi connectivity index (χ0) is 22.3. The van der Waals surface area contributed by atoms with E-state index in [1.54, 1.807) is 17.9 Å². The fraction of sp³-hybridized carbons (Fsp3) is 0.231. The highest BCUT2D eigenvalue weighted by molar-refractivity contribution is 5.95. The number of aryl methyl sites for hydroxylation is 1. The van der Waals surface area contributed by atoms with Gasteiger partial charge in [0.05, 0.1) is 0 Å². The molecule has 0 radical (unpaired) electrons. The summed E-state index contributed by atoms with van der Waals surface area (Å²) in [5.74, 6) is 0.870. The summed E-state index contributed by atoms with van der Waals surface area (Å²) >= 11 is 0. The summed E-state index contributed by atoms with van der Waals surface area (Å²) in [6, 6.07) is 22.8. The number of benzene rings is 3. The Morgan fingerprint density at radius 3 is 2.41 bits per heavy atom. The summed E-state index contributed by atoms with van der Waals surface area (Å²) in [6.07, 6.45) is 1.79. The molecule has 0 unspecified atom stereocenters. The predicted molar refractivity (Wildman–Crippen MR) is 124 cm³/mol. The van der Waals surface area contributed by atoms with Gasteiger partial charge >= 0.3 is 0 Å². The van der Waals surface area contributed by atoms with Crippen LogP contribution in [0.3, 0.4) is 0 Å². The fourth-order valence-corrected chi connectivity index (χ4v) is 3.77. The number of para-hydroxylation sites is 2. The number of hydrogen-bond acceptors (Lipinski definition) is 4. The van der Waals surface area contributed by atoms with Gasteiger partial charge in [-0.1, -0.05) is 42.5 Å². The van der Waals surface area contributed by atoms with E-state index in [9.17, 15) is 9.59 Å². The zero-order valence-corrected chi connectivity index (χ0v) is 18.0. The van der Waals surface area contributed by atoms with Crippen LogP contribution < -0.4 is 19.7 Å². The molecule has 6 nitrogen and oxygen atoms in total. The van der Waals surface area contributed by atoms with Crippen molar-refractivity contribution in [3.63, 3.8) is 0 Å². The first kappa shape index (κ1) is 21.4. The quantitative estimate of drug-likeness (QED) is 0.596. The average Bonchev–Trinajstić information content (AvgIpc) is 2.82. The van der Waals surface area contributed by atoms with Crippen molar-refractivity contribution >= 4 is 23.2 Å². The first-order chi connectivity index (χ1) is 15.6. The van der Waals surface area contributed by atoms with Crippen molar-refractivity contribution in [3.05, 3.63) is 83.9 Å². The molecular formula is C26H26N2O4. The van der Waals surface area contributed by atoms with Gasteiger partial charge in [-0.05, 0) is 54.3 Å². The van der Waals surface area contributed by atoms with E-state index < -0.39 is 0 Å². The Bertz CT molecular complexity index is 1100. The number of nitrogens with one attached hydrogen (secondary N) is 1. The van der Waals surface area contributed by atoms with E-state index in [1.165, 1.54) is 0 Å². The summed E-state index contributed by atoms with van der Waals surface area (Å²) in [5, 5.41) is 2.88. The molecule has 0 saturated heterocycles. The van der Waals surface area contributed by atoms with Gasteiger partial charge in [0.25, 0.3) is 5.91 Å². The Balaban J connectivity index is 1.35. The van der Waals surface area contributed by atoms with Crippen LogP contribution in [0.15, 0.2) is 72.8 Å². The monoisotopic (exact) mass is 430 g/mol. The number of fused-ring (bicyclic) bond motifs is 1. The molecule has 0 atom stereocenters. The molecule has 0 aliphatic carbocycles. The summed E-state index contributed by atoms with van der Waals surface area (Å²) in [4.78, 5) is 26.1. The standard InChI is InChI=1S/C26H26N2O4/c1-19(29)28-15-7-10-21-16-22(13-14-23(21)28)27-26(30)18-32-25-12-6-5-11-24(25)31-17-20-8-3-2-4-9-20/h2-6,8-9,11-14,16H,7,10,15,17-18H2,1H3,(H,27,30). The van der Waals surface area contributed by atoms with Crippen molar-refractivity contribution in [2.45, 2.75) is 26.4 Å². The van der Waals surface area contributed by atoms with Gasteiger partial charge in [-0.3, -0.25) is 9.59 Å². The molecule has 0 aromatic heterocycles. The Hall–Kier alpha value is -3.80. The third-order valence-corrected chi connectivity index (χ3v) is 5.31. The van der Waals surface area contributed by atoms with Crippen molar-refractivity contribution < 1.29 is 19.1 Å². The normalized spacial score (nSPS) is 12.6. The topological polar surface area (TPSA) is 67.9 Å². The largest absolute Gasteiger partial charge is 0.485 e. The van der Waals surface area contributed by atoms with Gasteiger partial charge in [0.2, 0.25) is 5.91 Å². The average molecular weight is 431 g/mol. The molecule has 1 heterocycles. The third-order valence-electron chi connectivity index (χ3n) is 5.31. The molecule has 0 spiro atoms. The van der Waals surface area contributed by atoms with Crippen molar-refractivity contribution in [2.75, 3.05) is 23.4 Å². The van der Waals surface area contributed by atoms with Crippen LogP contribution in [0.5, 0.6) is 11.5 Å². The number of amides is 2. The molecule has 6 heteroatoms. The highest BCUT2D eigenvalue weighted by Gasteiger charge is 2.20. The molecule has 32 heavy (non-hydrogen) atoms. The van der Waals surface area contributed by atoms with Crippen molar-refractivity contribution in [1.82, 2.24) is 0 Å². The maximum absolute atomic E-state index is 12.5. The third kappa shape index (κ3) is 5.27. The van der Waals surface area contributed by atoms with Crippen LogP contribution in [0.1, 0.15) is 24.5 Å². The van der Waals surface area contributed by atoms with Crippen molar-refractivity contribution in [1.29, 1.82) is 0 Å². The van der Waals surface area contributed by atoms with Gasteiger partial charge in [-0.25, -0.2) is 0 Å². The van der Waals surface area contributed by atoms with Crippen molar-refractivity contribution in [2.24, 2.45) is 0 Å². The maximum Gasteiger partial charge on any atom is 0.262 e. The molecule has 0 fully saturated rings. The number of carbonyl (C=O) groups is 2. The lowest BCUT2D eigenvalue weighted by atomic mass is 10.0. The molecular weight excluding hydrogens is 404 g/mol. The number of anilines is 2. The SMILES string of the molecule is CC(=O)N1CCCc2cc(NC(=O)COc3ccccc3OCc3ccccc3)ccc21. The van der Waals surface area contributed by atoms with Crippen LogP contribution in [-0.2, 0) is 22.6 Å². The second-order valence-corrected chi connectivity index (χ2v) is 7.68. The summed E-state index contributed by atoms with van der Waals surface area (Å²) < 4.78 is 11.6. The van der Waals surface area contributed by atoms with Crippen LogP contribution in [0.25, 0.3) is 0 Å². The lowest BCUT2D eigenvalue weighted by Crippen LogP contribution is -2.33. The molecule has 1 aliphatic rings. The van der Waals surface area contributed by atoms with Gasteiger partial charge in [0.15, 0.2) is 18.1 Å². The second kappa shape index (κ2) is 10.0. The van der Waals surface area contributed by atoms with Gasteiger partial charge in [0, 0.05) is 24.8 Å². The van der Waals surface area contributed by atoms with E-state index in [1.807, 2.05) is 66.7 Å². The van der Waals surface area contributed by atoms with Gasteiger partial charge < -0.3 is 19.7 Å². The van der Waals surface area contributed by atoms with Crippen LogP contribution in [-0.4, -0.2) is 25.0 Å². The summed E-state index contributed by atoms with van der Waals surface area (Å²) in [7, 11) is 0. The number of rotatable bonds is 7. The molecule has 3 aromatic carbocycles. The van der Waals surface area contributed by atoms with Gasteiger partial charge in [0.1, 0.15) is 6.61 Å². The van der Waals surface area contributed by atoms with Gasteiger partial charge in [-0.2, -0.15) is 0 Å². The highest BCUT2D eigenvalue weighted by Crippen LogP contribution is 2.30. The first-order valence-corrected chi connectivity index (χ1v) is 10.7. The molecule has 0 saturated carbocycles. The van der Waals surface area contributed by atoms with Crippen LogP contribution >= 0.6 is 0 Å². The Morgan fingerprint density at radius 1 is 0.938 bits per heavy atom. The summed E-state index contributed by atoms with van der Waals surface area (Å²) in [5.41, 5.74) is 3.72.